The van der Waals surface area contributed by atoms with Gasteiger partial charge in [0.1, 0.15) is 0 Å². The van der Waals surface area contributed by atoms with Crippen molar-refractivity contribution in [2.24, 2.45) is 5.92 Å². The standard InChI is InChI=1S/C16H22O3S/c1-13-4-6-15(7-5-13)20-19-12-14-3-2-8-16(11-14)17-9-10-18-16/h4-7,14H,2-3,8-12H2,1H3. The zero-order valence-electron chi connectivity index (χ0n) is 12.0. The van der Waals surface area contributed by atoms with Crippen molar-refractivity contribution in [1.82, 2.24) is 0 Å². The highest BCUT2D eigenvalue weighted by Crippen LogP contribution is 2.39. The molecule has 0 N–H and O–H groups in total. The molecule has 3 rings (SSSR count). The number of rotatable bonds is 4. The summed E-state index contributed by atoms with van der Waals surface area (Å²) in [6.07, 6.45) is 4.39. The van der Waals surface area contributed by atoms with Crippen LogP contribution in [0.2, 0.25) is 0 Å². The molecule has 1 unspecified atom stereocenters. The van der Waals surface area contributed by atoms with Crippen LogP contribution in [0.5, 0.6) is 0 Å². The molecule has 0 bridgehead atoms. The van der Waals surface area contributed by atoms with E-state index >= 15 is 0 Å². The summed E-state index contributed by atoms with van der Waals surface area (Å²) in [6, 6.07) is 8.43. The van der Waals surface area contributed by atoms with E-state index in [0.717, 1.165) is 37.6 Å². The smallest absolute Gasteiger partial charge is 0.168 e. The molecule has 20 heavy (non-hydrogen) atoms. The molecular formula is C16H22O3S. The summed E-state index contributed by atoms with van der Waals surface area (Å²) in [6.45, 7) is 4.35. The van der Waals surface area contributed by atoms with E-state index in [0.29, 0.717) is 5.92 Å². The Bertz CT molecular complexity index is 426. The van der Waals surface area contributed by atoms with Crippen LogP contribution in [0.4, 0.5) is 0 Å². The molecule has 1 aliphatic carbocycles. The summed E-state index contributed by atoms with van der Waals surface area (Å²) in [5, 5.41) is 0. The van der Waals surface area contributed by atoms with Crippen molar-refractivity contribution in [2.45, 2.75) is 43.3 Å². The fraction of sp³-hybridized carbons (Fsp3) is 0.625. The minimum absolute atomic E-state index is 0.291. The van der Waals surface area contributed by atoms with Crippen LogP contribution < -0.4 is 0 Å². The molecule has 3 nitrogen and oxygen atoms in total. The third-order valence-corrected chi connectivity index (χ3v) is 4.78. The van der Waals surface area contributed by atoms with Gasteiger partial charge >= 0.3 is 0 Å². The van der Waals surface area contributed by atoms with Gasteiger partial charge in [-0.2, -0.15) is 0 Å². The molecule has 2 aliphatic rings. The fourth-order valence-electron chi connectivity index (χ4n) is 3.00. The normalized spacial score (nSPS) is 25.1. The van der Waals surface area contributed by atoms with E-state index in [1.54, 1.807) is 0 Å². The molecule has 1 aromatic rings. The van der Waals surface area contributed by atoms with Crippen LogP contribution in [0.15, 0.2) is 29.2 Å². The molecule has 1 saturated heterocycles. The van der Waals surface area contributed by atoms with Crippen molar-refractivity contribution in [1.29, 1.82) is 0 Å². The lowest BCUT2D eigenvalue weighted by Crippen LogP contribution is -2.37. The lowest BCUT2D eigenvalue weighted by molar-refractivity contribution is -0.188. The maximum atomic E-state index is 5.81. The van der Waals surface area contributed by atoms with Crippen molar-refractivity contribution in [3.05, 3.63) is 29.8 Å². The summed E-state index contributed by atoms with van der Waals surface area (Å²) >= 11 is 1.47. The highest BCUT2D eigenvalue weighted by Gasteiger charge is 2.41. The van der Waals surface area contributed by atoms with E-state index in [1.807, 2.05) is 0 Å². The van der Waals surface area contributed by atoms with Crippen LogP contribution in [0.3, 0.4) is 0 Å². The Morgan fingerprint density at radius 1 is 1.25 bits per heavy atom. The Labute approximate surface area is 125 Å². The van der Waals surface area contributed by atoms with Gasteiger partial charge in [0.05, 0.1) is 19.8 Å². The van der Waals surface area contributed by atoms with E-state index in [-0.39, 0.29) is 5.79 Å². The zero-order chi connectivity index (χ0) is 13.8. The summed E-state index contributed by atoms with van der Waals surface area (Å²) < 4.78 is 17.4. The molecule has 0 radical (unpaired) electrons. The van der Waals surface area contributed by atoms with Crippen molar-refractivity contribution in [3.8, 4) is 0 Å². The van der Waals surface area contributed by atoms with Gasteiger partial charge in [-0.15, -0.1) is 0 Å². The molecule has 1 aliphatic heterocycles. The molecule has 1 atom stereocenters. The molecule has 2 fully saturated rings. The number of benzene rings is 1. The molecule has 0 aromatic heterocycles. The molecule has 1 saturated carbocycles. The quantitative estimate of drug-likeness (QED) is 0.786. The average molecular weight is 294 g/mol. The molecule has 4 heteroatoms. The molecule has 110 valence electrons. The monoisotopic (exact) mass is 294 g/mol. The number of ether oxygens (including phenoxy) is 2. The van der Waals surface area contributed by atoms with Gasteiger partial charge in [-0.25, -0.2) is 0 Å². The largest absolute Gasteiger partial charge is 0.348 e. The molecule has 1 spiro atoms. The highest BCUT2D eigenvalue weighted by molar-refractivity contribution is 7.94. The Kier molecular flexibility index (Phi) is 4.66. The maximum Gasteiger partial charge on any atom is 0.168 e. The van der Waals surface area contributed by atoms with Crippen LogP contribution in [0, 0.1) is 12.8 Å². The van der Waals surface area contributed by atoms with Crippen LogP contribution in [0.1, 0.15) is 31.2 Å². The average Bonchev–Trinajstić information content (AvgIpc) is 2.89. The number of hydrogen-bond acceptors (Lipinski definition) is 4. The van der Waals surface area contributed by atoms with E-state index in [9.17, 15) is 0 Å². The zero-order valence-corrected chi connectivity index (χ0v) is 12.8. The first-order chi connectivity index (χ1) is 9.76. The molecule has 1 heterocycles. The van der Waals surface area contributed by atoms with E-state index in [1.165, 1.54) is 30.4 Å². The van der Waals surface area contributed by atoms with Crippen molar-refractivity contribution >= 4 is 12.0 Å². The lowest BCUT2D eigenvalue weighted by Gasteiger charge is -2.35. The minimum atomic E-state index is -0.291. The van der Waals surface area contributed by atoms with Gasteiger partial charge in [-0.3, -0.25) is 0 Å². The summed E-state index contributed by atoms with van der Waals surface area (Å²) in [5.41, 5.74) is 1.28. The lowest BCUT2D eigenvalue weighted by atomic mass is 9.85. The van der Waals surface area contributed by atoms with Crippen LogP contribution >= 0.6 is 12.0 Å². The maximum absolute atomic E-state index is 5.81. The summed E-state index contributed by atoms with van der Waals surface area (Å²) in [4.78, 5) is 1.16. The second-order valence-electron chi connectivity index (χ2n) is 5.75. The summed E-state index contributed by atoms with van der Waals surface area (Å²) in [5.74, 6) is 0.251. The van der Waals surface area contributed by atoms with Gasteiger partial charge in [-0.1, -0.05) is 17.7 Å². The number of hydrogen-bond donors (Lipinski definition) is 0. The third-order valence-electron chi connectivity index (χ3n) is 4.06. The predicted molar refractivity (Wildman–Crippen MR) is 79.6 cm³/mol. The van der Waals surface area contributed by atoms with Crippen molar-refractivity contribution < 1.29 is 13.7 Å². The Morgan fingerprint density at radius 2 is 2.00 bits per heavy atom. The topological polar surface area (TPSA) is 27.7 Å². The SMILES string of the molecule is Cc1ccc(SOCC2CCCC3(C2)OCCO3)cc1. The van der Waals surface area contributed by atoms with Gasteiger partial charge in [0.15, 0.2) is 5.79 Å². The van der Waals surface area contributed by atoms with E-state index in [2.05, 4.69) is 31.2 Å². The Balaban J connectivity index is 1.45. The van der Waals surface area contributed by atoms with Crippen molar-refractivity contribution in [3.63, 3.8) is 0 Å². The van der Waals surface area contributed by atoms with Gasteiger partial charge in [0.25, 0.3) is 0 Å². The predicted octanol–water partition coefficient (Wildman–Crippen LogP) is 3.95. The first-order valence-corrected chi connectivity index (χ1v) is 8.14. The highest BCUT2D eigenvalue weighted by atomic mass is 32.2. The van der Waals surface area contributed by atoms with Crippen LogP contribution in [-0.2, 0) is 13.7 Å². The van der Waals surface area contributed by atoms with Crippen LogP contribution in [0.25, 0.3) is 0 Å². The second kappa shape index (κ2) is 6.48. The second-order valence-corrected chi connectivity index (χ2v) is 6.62. The minimum Gasteiger partial charge on any atom is -0.348 e. The molecule has 0 amide bonds. The van der Waals surface area contributed by atoms with E-state index < -0.39 is 0 Å². The Morgan fingerprint density at radius 3 is 2.75 bits per heavy atom. The fourth-order valence-corrected chi connectivity index (χ4v) is 3.64. The molecule has 1 aromatic carbocycles. The first kappa shape index (κ1) is 14.4. The van der Waals surface area contributed by atoms with Gasteiger partial charge in [-0.05, 0) is 37.8 Å². The van der Waals surface area contributed by atoms with Crippen molar-refractivity contribution in [2.75, 3.05) is 19.8 Å². The molecular weight excluding hydrogens is 272 g/mol. The summed E-state index contributed by atoms with van der Waals surface area (Å²) in [7, 11) is 0. The van der Waals surface area contributed by atoms with Gasteiger partial charge in [0.2, 0.25) is 0 Å². The first-order valence-electron chi connectivity index (χ1n) is 7.40. The third kappa shape index (κ3) is 3.55. The van der Waals surface area contributed by atoms with Gasteiger partial charge < -0.3 is 13.7 Å². The number of aryl methyl sites for hydroxylation is 1. The Hall–Kier alpha value is -0.550. The van der Waals surface area contributed by atoms with Crippen LogP contribution in [-0.4, -0.2) is 25.6 Å². The van der Waals surface area contributed by atoms with E-state index in [4.69, 9.17) is 13.7 Å². The van der Waals surface area contributed by atoms with Gasteiger partial charge in [0, 0.05) is 29.8 Å².